The minimum atomic E-state index is -4.41. The summed E-state index contributed by atoms with van der Waals surface area (Å²) in [5.41, 5.74) is -0.574. The fraction of sp³-hybridized carbons (Fsp3) is 0.536. The summed E-state index contributed by atoms with van der Waals surface area (Å²) in [6, 6.07) is 4.84. The second-order valence-corrected chi connectivity index (χ2v) is 12.9. The molecule has 11 heteroatoms. The van der Waals surface area contributed by atoms with Gasteiger partial charge in [-0.05, 0) is 78.8 Å². The van der Waals surface area contributed by atoms with Gasteiger partial charge in [-0.1, -0.05) is 12.7 Å². The van der Waals surface area contributed by atoms with Crippen molar-refractivity contribution in [2.75, 3.05) is 24.3 Å². The number of thioether (sulfide) groups is 1. The molecule has 3 heterocycles. The summed E-state index contributed by atoms with van der Waals surface area (Å²) in [5, 5.41) is 7.23. The topological polar surface area (TPSA) is 72.3 Å². The second kappa shape index (κ2) is 10.9. The maximum atomic E-state index is 13.5. The average molecular weight is 566 g/mol. The van der Waals surface area contributed by atoms with E-state index in [0.717, 1.165) is 25.8 Å². The molecule has 0 spiro atoms. The third-order valence-corrected chi connectivity index (χ3v) is 8.29. The number of carbonyl (C=O) groups is 1. The van der Waals surface area contributed by atoms with Crippen LogP contribution in [-0.2, 0) is 0 Å². The van der Waals surface area contributed by atoms with Crippen LogP contribution in [0.5, 0.6) is 5.88 Å². The number of halogens is 3. The minimum absolute atomic E-state index is 0.0425. The molecule has 1 aliphatic heterocycles. The Morgan fingerprint density at radius 3 is 2.46 bits per heavy atom. The monoisotopic (exact) mass is 565 g/mol. The van der Waals surface area contributed by atoms with Crippen LogP contribution in [0, 0.1) is 5.41 Å². The van der Waals surface area contributed by atoms with Gasteiger partial charge in [0.2, 0.25) is 5.88 Å². The number of carbonyl (C=O) groups excluding carboxylic acids is 1. The van der Waals surface area contributed by atoms with Gasteiger partial charge in [0.1, 0.15) is 12.4 Å². The number of ether oxygens (including phenoxy) is 1. The van der Waals surface area contributed by atoms with Crippen molar-refractivity contribution >= 4 is 23.5 Å². The van der Waals surface area contributed by atoms with Crippen molar-refractivity contribution in [3.8, 4) is 11.7 Å². The Bertz CT molecular complexity index is 1270. The molecule has 0 saturated carbocycles. The maximum absolute atomic E-state index is 13.5. The van der Waals surface area contributed by atoms with Crippen molar-refractivity contribution < 1.29 is 22.7 Å². The molecule has 1 fully saturated rings. The van der Waals surface area contributed by atoms with Gasteiger partial charge in [0, 0.05) is 34.8 Å². The smallest absolute Gasteiger partial charge is 0.397 e. The summed E-state index contributed by atoms with van der Waals surface area (Å²) in [5.74, 6) is 0.646. The number of nitrogens with one attached hydrogen (secondary N) is 1. The van der Waals surface area contributed by atoms with Crippen LogP contribution in [-0.4, -0.2) is 56.5 Å². The number of hydrogen-bond acceptors (Lipinski definition) is 6. The van der Waals surface area contributed by atoms with Gasteiger partial charge in [0.05, 0.1) is 11.0 Å². The fourth-order valence-electron chi connectivity index (χ4n) is 4.53. The molecule has 0 aliphatic carbocycles. The average Bonchev–Trinajstić information content (AvgIpc) is 3.41. The fourth-order valence-corrected chi connectivity index (χ4v) is 5.28. The molecule has 1 atom stereocenters. The number of amides is 1. The van der Waals surface area contributed by atoms with Gasteiger partial charge >= 0.3 is 6.18 Å². The molecule has 39 heavy (non-hydrogen) atoms. The van der Waals surface area contributed by atoms with Crippen LogP contribution in [0.1, 0.15) is 65.2 Å². The van der Waals surface area contributed by atoms with Crippen LogP contribution < -0.4 is 15.0 Å². The number of allylic oxidation sites excluding steroid dienone is 2. The minimum Gasteiger partial charge on any atom is -0.476 e. The molecular formula is C28H38F3N5O2S. The van der Waals surface area contributed by atoms with E-state index in [4.69, 9.17) is 9.72 Å². The quantitative estimate of drug-likeness (QED) is 0.348. The molecule has 0 unspecified atom stereocenters. The first-order chi connectivity index (χ1) is 17.9. The molecule has 0 bridgehead atoms. The highest BCUT2D eigenvalue weighted by molar-refractivity contribution is 8.00. The zero-order valence-electron chi connectivity index (χ0n) is 23.9. The summed E-state index contributed by atoms with van der Waals surface area (Å²) in [6.45, 7) is 16.3. The Morgan fingerprint density at radius 2 is 1.92 bits per heavy atom. The summed E-state index contributed by atoms with van der Waals surface area (Å²) >= 11 is 1.78. The standard InChI is InChI=1S/C28H38F3N5O2S/c1-10-20(18(2)3)32-24(37)19-11-12-21(33-23(19)35-16-27(8,39-9)15-26(35,6)7)36-14-13-22(34-36)38-17-25(4,5)28(29,30)31/h10-14H,2,15-17H2,1,3-9H3,(H,32,37)/b20-10+/t27-/m1/s1. The van der Waals surface area contributed by atoms with Crippen molar-refractivity contribution in [2.24, 2.45) is 5.41 Å². The van der Waals surface area contributed by atoms with E-state index < -0.39 is 18.2 Å². The number of alkyl halides is 3. The zero-order valence-corrected chi connectivity index (χ0v) is 24.7. The first-order valence-electron chi connectivity index (χ1n) is 12.7. The number of hydrogen-bond donors (Lipinski definition) is 1. The summed E-state index contributed by atoms with van der Waals surface area (Å²) < 4.78 is 46.4. The number of pyridine rings is 1. The summed E-state index contributed by atoms with van der Waals surface area (Å²) in [4.78, 5) is 20.5. The van der Waals surface area contributed by atoms with Gasteiger partial charge in [0.15, 0.2) is 5.82 Å². The molecule has 1 N–H and O–H groups in total. The zero-order chi connectivity index (χ0) is 29.4. The first-order valence-corrected chi connectivity index (χ1v) is 13.9. The van der Waals surface area contributed by atoms with Gasteiger partial charge in [-0.25, -0.2) is 9.67 Å². The molecule has 0 radical (unpaired) electrons. The van der Waals surface area contributed by atoms with Crippen molar-refractivity contribution in [3.05, 3.63) is 53.9 Å². The lowest BCUT2D eigenvalue weighted by molar-refractivity contribution is -0.219. The Labute approximate surface area is 232 Å². The number of nitrogens with zero attached hydrogens (tertiary/aromatic N) is 4. The normalized spacial score (nSPS) is 19.8. The van der Waals surface area contributed by atoms with E-state index in [1.165, 1.54) is 10.7 Å². The highest BCUT2D eigenvalue weighted by Crippen LogP contribution is 2.45. The predicted molar refractivity (Wildman–Crippen MR) is 151 cm³/mol. The highest BCUT2D eigenvalue weighted by atomic mass is 32.2. The number of aromatic nitrogens is 3. The molecule has 214 valence electrons. The van der Waals surface area contributed by atoms with E-state index in [0.29, 0.717) is 29.4 Å². The molecular weight excluding hydrogens is 527 g/mol. The Hall–Kier alpha value is -2.95. The van der Waals surface area contributed by atoms with E-state index in [1.807, 2.05) is 13.8 Å². The van der Waals surface area contributed by atoms with Crippen LogP contribution in [0.3, 0.4) is 0 Å². The SMILES string of the molecule is C=C(C)/C(=C\C)NC(=O)c1ccc(-n2ccc(OCC(C)(C)C(F)(F)F)n2)nc1N1C[C@](C)(SC)CC1(C)C. The third-order valence-electron chi connectivity index (χ3n) is 7.03. The molecule has 1 aliphatic rings. The second-order valence-electron chi connectivity index (χ2n) is 11.5. The van der Waals surface area contributed by atoms with Gasteiger partial charge in [-0.2, -0.15) is 24.9 Å². The van der Waals surface area contributed by atoms with Crippen LogP contribution in [0.15, 0.2) is 48.3 Å². The number of rotatable bonds is 9. The summed E-state index contributed by atoms with van der Waals surface area (Å²) in [7, 11) is 0. The first kappa shape index (κ1) is 30.6. The lowest BCUT2D eigenvalue weighted by atomic mass is 9.94. The Morgan fingerprint density at radius 1 is 1.26 bits per heavy atom. The summed E-state index contributed by atoms with van der Waals surface area (Å²) in [6.07, 6.45) is 1.91. The number of anilines is 1. The van der Waals surface area contributed by atoms with Crippen molar-refractivity contribution in [3.63, 3.8) is 0 Å². The third kappa shape index (κ3) is 6.62. The lowest BCUT2D eigenvalue weighted by Gasteiger charge is -2.33. The Kier molecular flexibility index (Phi) is 8.55. The molecule has 7 nitrogen and oxygen atoms in total. The lowest BCUT2D eigenvalue weighted by Crippen LogP contribution is -2.40. The van der Waals surface area contributed by atoms with Crippen LogP contribution in [0.25, 0.3) is 5.82 Å². The molecule has 2 aromatic rings. The molecule has 1 amide bonds. The van der Waals surface area contributed by atoms with Gasteiger partial charge in [-0.3, -0.25) is 4.79 Å². The van der Waals surface area contributed by atoms with Crippen LogP contribution >= 0.6 is 11.8 Å². The van der Waals surface area contributed by atoms with Gasteiger partial charge < -0.3 is 15.0 Å². The molecule has 3 rings (SSSR count). The van der Waals surface area contributed by atoms with Crippen molar-refractivity contribution in [1.29, 1.82) is 0 Å². The largest absolute Gasteiger partial charge is 0.476 e. The van der Waals surface area contributed by atoms with Crippen LogP contribution in [0.4, 0.5) is 19.0 Å². The highest BCUT2D eigenvalue weighted by Gasteiger charge is 2.48. The van der Waals surface area contributed by atoms with Gasteiger partial charge in [-0.15, -0.1) is 5.10 Å². The van der Waals surface area contributed by atoms with E-state index in [9.17, 15) is 18.0 Å². The molecule has 0 aromatic carbocycles. The van der Waals surface area contributed by atoms with Crippen molar-refractivity contribution in [1.82, 2.24) is 20.1 Å². The Balaban J connectivity index is 2.01. The van der Waals surface area contributed by atoms with E-state index >= 15 is 0 Å². The van der Waals surface area contributed by atoms with E-state index in [2.05, 4.69) is 48.9 Å². The van der Waals surface area contributed by atoms with E-state index in [-0.39, 0.29) is 22.1 Å². The van der Waals surface area contributed by atoms with Gasteiger partial charge in [0.25, 0.3) is 5.91 Å². The maximum Gasteiger partial charge on any atom is 0.397 e. The van der Waals surface area contributed by atoms with Crippen molar-refractivity contribution in [2.45, 2.75) is 71.3 Å². The predicted octanol–water partition coefficient (Wildman–Crippen LogP) is 6.55. The molecule has 1 saturated heterocycles. The van der Waals surface area contributed by atoms with Crippen LogP contribution in [0.2, 0.25) is 0 Å². The van der Waals surface area contributed by atoms with E-state index in [1.54, 1.807) is 36.2 Å². The molecule has 2 aromatic heterocycles.